The molecule has 2 aromatic rings. The Balaban J connectivity index is 2.71. The van der Waals surface area contributed by atoms with Gasteiger partial charge in [-0.05, 0) is 38.3 Å². The Kier molecular flexibility index (Phi) is 4.32. The van der Waals surface area contributed by atoms with Crippen LogP contribution < -0.4 is 0 Å². The number of hydrogen-bond acceptors (Lipinski definition) is 3. The third-order valence-electron chi connectivity index (χ3n) is 3.39. The lowest BCUT2D eigenvalue weighted by Gasteiger charge is -2.11. The molecule has 0 radical (unpaired) electrons. The second-order valence-corrected chi connectivity index (χ2v) is 5.61. The van der Waals surface area contributed by atoms with Crippen LogP contribution in [0.4, 0.5) is 5.69 Å². The molecule has 0 saturated heterocycles. The van der Waals surface area contributed by atoms with Gasteiger partial charge in [0.2, 0.25) is 5.15 Å². The number of aryl methyl sites for hydroxylation is 4. The lowest BCUT2D eigenvalue weighted by atomic mass is 10.1. The molecule has 0 fully saturated rings. The van der Waals surface area contributed by atoms with E-state index in [2.05, 4.69) is 5.10 Å². The van der Waals surface area contributed by atoms with Crippen LogP contribution in [-0.4, -0.2) is 14.7 Å². The van der Waals surface area contributed by atoms with Crippen LogP contribution in [0.25, 0.3) is 5.69 Å². The van der Waals surface area contributed by atoms with Gasteiger partial charge in [0.05, 0.1) is 10.6 Å². The maximum atomic E-state index is 11.3. The Labute approximate surface area is 128 Å². The van der Waals surface area contributed by atoms with Crippen LogP contribution in [0.3, 0.4) is 0 Å². The van der Waals surface area contributed by atoms with Gasteiger partial charge in [0.15, 0.2) is 0 Å². The summed E-state index contributed by atoms with van der Waals surface area (Å²) in [5.41, 5.74) is 4.30. The highest BCUT2D eigenvalue weighted by Gasteiger charge is 2.27. The fourth-order valence-electron chi connectivity index (χ4n) is 2.67. The number of hydrogen-bond donors (Lipinski definition) is 0. The molecule has 6 heteroatoms. The van der Waals surface area contributed by atoms with Gasteiger partial charge < -0.3 is 0 Å². The van der Waals surface area contributed by atoms with Gasteiger partial charge >= 0.3 is 5.69 Å². The Morgan fingerprint density at radius 1 is 1.29 bits per heavy atom. The molecule has 0 aliphatic heterocycles. The first-order valence-corrected chi connectivity index (χ1v) is 7.24. The van der Waals surface area contributed by atoms with Gasteiger partial charge in [-0.25, -0.2) is 4.68 Å². The minimum atomic E-state index is -0.449. The molecule has 0 atom stereocenters. The quantitative estimate of drug-likeness (QED) is 0.624. The largest absolute Gasteiger partial charge is 0.329 e. The smallest absolute Gasteiger partial charge is 0.258 e. The van der Waals surface area contributed by atoms with E-state index in [9.17, 15) is 10.1 Å². The molecule has 0 aliphatic carbocycles. The third kappa shape index (κ3) is 2.78. The lowest BCUT2D eigenvalue weighted by molar-refractivity contribution is -0.385. The van der Waals surface area contributed by atoms with E-state index in [1.807, 2.05) is 39.8 Å². The van der Waals surface area contributed by atoms with Crippen LogP contribution in [0.5, 0.6) is 0 Å². The zero-order chi connectivity index (χ0) is 15.7. The summed E-state index contributed by atoms with van der Waals surface area (Å²) < 4.78 is 1.49. The molecule has 0 bridgehead atoms. The predicted molar refractivity (Wildman–Crippen MR) is 83.4 cm³/mol. The molecule has 1 aromatic heterocycles. The van der Waals surface area contributed by atoms with Crippen LogP contribution in [0.2, 0.25) is 5.15 Å². The number of aromatic nitrogens is 2. The lowest BCUT2D eigenvalue weighted by Crippen LogP contribution is -2.03. The van der Waals surface area contributed by atoms with Gasteiger partial charge in [-0.3, -0.25) is 10.1 Å². The van der Waals surface area contributed by atoms with E-state index in [4.69, 9.17) is 11.6 Å². The van der Waals surface area contributed by atoms with Crippen molar-refractivity contribution in [2.45, 2.75) is 40.5 Å². The monoisotopic (exact) mass is 307 g/mol. The number of nitro groups is 1. The zero-order valence-corrected chi connectivity index (χ0v) is 13.4. The number of halogens is 1. The van der Waals surface area contributed by atoms with Gasteiger partial charge in [0, 0.05) is 0 Å². The molecular formula is C15H18ClN3O2. The SMILES string of the molecule is CCCc1nn(-c2c(C)cc(C)cc2C)c(Cl)c1[N+](=O)[O-]. The first-order chi connectivity index (χ1) is 9.86. The van der Waals surface area contributed by atoms with E-state index < -0.39 is 4.92 Å². The van der Waals surface area contributed by atoms with Crippen LogP contribution in [0, 0.1) is 30.9 Å². The number of rotatable bonds is 4. The van der Waals surface area contributed by atoms with Crippen LogP contribution in [0.1, 0.15) is 35.7 Å². The van der Waals surface area contributed by atoms with Crippen molar-refractivity contribution in [1.82, 2.24) is 9.78 Å². The van der Waals surface area contributed by atoms with E-state index in [1.165, 1.54) is 4.68 Å². The Morgan fingerprint density at radius 2 is 1.86 bits per heavy atom. The van der Waals surface area contributed by atoms with E-state index in [1.54, 1.807) is 0 Å². The fourth-order valence-corrected chi connectivity index (χ4v) is 2.97. The molecule has 21 heavy (non-hydrogen) atoms. The topological polar surface area (TPSA) is 61.0 Å². The minimum absolute atomic E-state index is 0.0681. The molecule has 0 N–H and O–H groups in total. The summed E-state index contributed by atoms with van der Waals surface area (Å²) in [6.45, 7) is 7.88. The molecule has 1 heterocycles. The second kappa shape index (κ2) is 5.85. The van der Waals surface area contributed by atoms with Crippen molar-refractivity contribution >= 4 is 17.3 Å². The molecule has 112 valence electrons. The molecule has 0 aliphatic rings. The van der Waals surface area contributed by atoms with Gasteiger partial charge in [0.1, 0.15) is 5.69 Å². The summed E-state index contributed by atoms with van der Waals surface area (Å²) >= 11 is 6.24. The highest BCUT2D eigenvalue weighted by molar-refractivity contribution is 6.32. The molecule has 0 spiro atoms. The summed E-state index contributed by atoms with van der Waals surface area (Å²) in [5, 5.41) is 15.7. The second-order valence-electron chi connectivity index (χ2n) is 5.25. The molecule has 0 unspecified atom stereocenters. The van der Waals surface area contributed by atoms with E-state index in [0.717, 1.165) is 28.8 Å². The van der Waals surface area contributed by atoms with Crippen molar-refractivity contribution in [1.29, 1.82) is 0 Å². The van der Waals surface area contributed by atoms with Crippen molar-refractivity contribution in [3.05, 3.63) is 49.8 Å². The summed E-state index contributed by atoms with van der Waals surface area (Å²) in [5.74, 6) is 0. The van der Waals surface area contributed by atoms with Crippen molar-refractivity contribution in [3.8, 4) is 5.69 Å². The number of nitrogens with zero attached hydrogens (tertiary/aromatic N) is 3. The molecule has 1 aromatic carbocycles. The van der Waals surface area contributed by atoms with Crippen LogP contribution in [0.15, 0.2) is 12.1 Å². The fraction of sp³-hybridized carbons (Fsp3) is 0.400. The Morgan fingerprint density at radius 3 is 2.33 bits per heavy atom. The van der Waals surface area contributed by atoms with E-state index in [-0.39, 0.29) is 10.8 Å². The Bertz CT molecular complexity index is 684. The zero-order valence-electron chi connectivity index (χ0n) is 12.6. The van der Waals surface area contributed by atoms with Gasteiger partial charge in [-0.15, -0.1) is 0 Å². The maximum absolute atomic E-state index is 11.3. The van der Waals surface area contributed by atoms with Crippen LogP contribution in [-0.2, 0) is 6.42 Å². The first-order valence-electron chi connectivity index (χ1n) is 6.86. The van der Waals surface area contributed by atoms with Crippen molar-refractivity contribution < 1.29 is 4.92 Å². The molecule has 0 amide bonds. The van der Waals surface area contributed by atoms with Crippen molar-refractivity contribution in [3.63, 3.8) is 0 Å². The number of benzene rings is 1. The van der Waals surface area contributed by atoms with E-state index in [0.29, 0.717) is 12.1 Å². The molecule has 2 rings (SSSR count). The predicted octanol–water partition coefficient (Wildman–Crippen LogP) is 4.31. The molecule has 5 nitrogen and oxygen atoms in total. The normalized spacial score (nSPS) is 10.9. The van der Waals surface area contributed by atoms with Gasteiger partial charge in [-0.1, -0.05) is 42.6 Å². The molecular weight excluding hydrogens is 290 g/mol. The summed E-state index contributed by atoms with van der Waals surface area (Å²) in [6, 6.07) is 4.04. The standard InChI is InChI=1S/C15H18ClN3O2/c1-5-6-12-14(19(20)21)15(16)18(17-12)13-10(3)7-9(2)8-11(13)4/h7-8H,5-6H2,1-4H3. The highest BCUT2D eigenvalue weighted by atomic mass is 35.5. The highest BCUT2D eigenvalue weighted by Crippen LogP contribution is 2.33. The summed E-state index contributed by atoms with van der Waals surface area (Å²) in [4.78, 5) is 10.8. The average molecular weight is 308 g/mol. The van der Waals surface area contributed by atoms with Crippen LogP contribution >= 0.6 is 11.6 Å². The summed E-state index contributed by atoms with van der Waals surface area (Å²) in [6.07, 6.45) is 1.31. The van der Waals surface area contributed by atoms with Crippen molar-refractivity contribution in [2.24, 2.45) is 0 Å². The maximum Gasteiger partial charge on any atom is 0.329 e. The third-order valence-corrected chi connectivity index (χ3v) is 3.73. The minimum Gasteiger partial charge on any atom is -0.258 e. The van der Waals surface area contributed by atoms with E-state index >= 15 is 0 Å². The van der Waals surface area contributed by atoms with Crippen molar-refractivity contribution in [2.75, 3.05) is 0 Å². The Hall–Kier alpha value is -1.88. The first kappa shape index (κ1) is 15.5. The summed E-state index contributed by atoms with van der Waals surface area (Å²) in [7, 11) is 0. The van der Waals surface area contributed by atoms with Gasteiger partial charge in [-0.2, -0.15) is 5.10 Å². The average Bonchev–Trinajstić information content (AvgIpc) is 2.65. The molecule has 0 saturated carbocycles. The van der Waals surface area contributed by atoms with Gasteiger partial charge in [0.25, 0.3) is 0 Å².